The van der Waals surface area contributed by atoms with Crippen molar-refractivity contribution in [3.63, 3.8) is 0 Å². The Morgan fingerprint density at radius 2 is 1.72 bits per heavy atom. The molecule has 29 heavy (non-hydrogen) atoms. The summed E-state index contributed by atoms with van der Waals surface area (Å²) in [7, 11) is 4.73. The normalized spacial score (nSPS) is 11.6. The van der Waals surface area contributed by atoms with Crippen LogP contribution < -0.4 is 19.5 Å². The predicted octanol–water partition coefficient (Wildman–Crippen LogP) is 3.41. The molecule has 1 heterocycles. The fourth-order valence-electron chi connectivity index (χ4n) is 2.58. The van der Waals surface area contributed by atoms with Crippen molar-refractivity contribution in [3.8, 4) is 22.9 Å². The molecule has 0 aliphatic carbocycles. The average Bonchev–Trinajstić information content (AvgIpc) is 3.21. The second kappa shape index (κ2) is 9.33. The summed E-state index contributed by atoms with van der Waals surface area (Å²) >= 11 is 1.31. The van der Waals surface area contributed by atoms with Crippen LogP contribution in [0.2, 0.25) is 0 Å². The number of hydrogen-bond donors (Lipinski definition) is 1. The highest BCUT2D eigenvalue weighted by Crippen LogP contribution is 2.28. The Hall–Kier alpha value is -3.20. The molecule has 1 N–H and O–H groups in total. The zero-order valence-electron chi connectivity index (χ0n) is 16.6. The number of methoxy groups -OCH3 is 3. The quantitative estimate of drug-likeness (QED) is 0.565. The molecule has 1 atom stereocenters. The first-order chi connectivity index (χ1) is 14.0. The number of carbonyl (C=O) groups is 1. The highest BCUT2D eigenvalue weighted by atomic mass is 32.2. The smallest absolute Gasteiger partial charge is 0.237 e. The molecule has 9 heteroatoms. The van der Waals surface area contributed by atoms with Crippen LogP contribution in [0.25, 0.3) is 5.69 Å². The molecule has 1 amide bonds. The molecule has 0 bridgehead atoms. The van der Waals surface area contributed by atoms with Gasteiger partial charge >= 0.3 is 0 Å². The highest BCUT2D eigenvalue weighted by molar-refractivity contribution is 8.00. The third-order valence-electron chi connectivity index (χ3n) is 4.12. The summed E-state index contributed by atoms with van der Waals surface area (Å²) in [4.78, 5) is 12.7. The van der Waals surface area contributed by atoms with Gasteiger partial charge in [-0.3, -0.25) is 9.36 Å². The third kappa shape index (κ3) is 5.00. The minimum Gasteiger partial charge on any atom is -0.497 e. The van der Waals surface area contributed by atoms with E-state index in [4.69, 9.17) is 14.2 Å². The lowest BCUT2D eigenvalue weighted by Crippen LogP contribution is -2.23. The molecule has 152 valence electrons. The molecule has 0 spiro atoms. The molecule has 3 aromatic rings. The molecule has 0 fully saturated rings. The molecule has 0 radical (unpaired) electrons. The Kier molecular flexibility index (Phi) is 6.61. The maximum atomic E-state index is 12.7. The topological polar surface area (TPSA) is 87.5 Å². The van der Waals surface area contributed by atoms with Crippen LogP contribution in [0.3, 0.4) is 0 Å². The van der Waals surface area contributed by atoms with Crippen molar-refractivity contribution in [2.75, 3.05) is 26.6 Å². The Morgan fingerprint density at radius 3 is 2.38 bits per heavy atom. The van der Waals surface area contributed by atoms with Crippen LogP contribution in [0.4, 0.5) is 5.69 Å². The second-order valence-corrected chi connectivity index (χ2v) is 7.34. The molecule has 8 nitrogen and oxygen atoms in total. The van der Waals surface area contributed by atoms with Gasteiger partial charge in [0.2, 0.25) is 5.91 Å². The monoisotopic (exact) mass is 414 g/mol. The first-order valence-electron chi connectivity index (χ1n) is 8.79. The Labute approximate surface area is 173 Å². The SMILES string of the molecule is COc1cc(NC(=O)C(C)Sc2nncn2-c2cccc(OC)c2)cc(OC)c1. The van der Waals surface area contributed by atoms with E-state index in [-0.39, 0.29) is 5.91 Å². The van der Waals surface area contributed by atoms with Gasteiger partial charge in [-0.1, -0.05) is 17.8 Å². The summed E-state index contributed by atoms with van der Waals surface area (Å²) in [5.41, 5.74) is 1.44. The van der Waals surface area contributed by atoms with E-state index in [0.717, 1.165) is 11.4 Å². The maximum absolute atomic E-state index is 12.7. The number of anilines is 1. The molecule has 3 rings (SSSR count). The zero-order chi connectivity index (χ0) is 20.8. The molecule has 1 unspecified atom stereocenters. The van der Waals surface area contributed by atoms with Crippen LogP contribution >= 0.6 is 11.8 Å². The van der Waals surface area contributed by atoms with Gasteiger partial charge in [-0.25, -0.2) is 0 Å². The summed E-state index contributed by atoms with van der Waals surface area (Å²) < 4.78 is 17.6. The lowest BCUT2D eigenvalue weighted by atomic mass is 10.2. The lowest BCUT2D eigenvalue weighted by Gasteiger charge is -2.14. The second-order valence-electron chi connectivity index (χ2n) is 6.04. The van der Waals surface area contributed by atoms with E-state index in [2.05, 4.69) is 15.5 Å². The van der Waals surface area contributed by atoms with Gasteiger partial charge in [0.05, 0.1) is 32.3 Å². The van der Waals surface area contributed by atoms with Gasteiger partial charge in [0.15, 0.2) is 5.16 Å². The number of aromatic nitrogens is 3. The number of nitrogens with one attached hydrogen (secondary N) is 1. The summed E-state index contributed by atoms with van der Waals surface area (Å²) in [6, 6.07) is 12.7. The lowest BCUT2D eigenvalue weighted by molar-refractivity contribution is -0.115. The molecular formula is C20H22N4O4S. The molecular weight excluding hydrogens is 392 g/mol. The number of carbonyl (C=O) groups excluding carboxylic acids is 1. The van der Waals surface area contributed by atoms with Crippen molar-refractivity contribution < 1.29 is 19.0 Å². The Balaban J connectivity index is 1.73. The summed E-state index contributed by atoms with van der Waals surface area (Å²) in [5.74, 6) is 1.74. The molecule has 0 saturated heterocycles. The van der Waals surface area contributed by atoms with Gasteiger partial charge < -0.3 is 19.5 Å². The van der Waals surface area contributed by atoms with Crippen molar-refractivity contribution in [1.82, 2.24) is 14.8 Å². The van der Waals surface area contributed by atoms with Gasteiger partial charge in [-0.05, 0) is 19.1 Å². The number of thioether (sulfide) groups is 1. The van der Waals surface area contributed by atoms with Crippen LogP contribution in [0.15, 0.2) is 53.9 Å². The zero-order valence-corrected chi connectivity index (χ0v) is 17.4. The predicted molar refractivity (Wildman–Crippen MR) is 111 cm³/mol. The number of nitrogens with zero attached hydrogens (tertiary/aromatic N) is 3. The number of ether oxygens (including phenoxy) is 3. The van der Waals surface area contributed by atoms with Crippen LogP contribution in [-0.2, 0) is 4.79 Å². The van der Waals surface area contributed by atoms with E-state index in [1.165, 1.54) is 11.8 Å². The highest BCUT2D eigenvalue weighted by Gasteiger charge is 2.19. The van der Waals surface area contributed by atoms with Crippen molar-refractivity contribution in [3.05, 3.63) is 48.8 Å². The van der Waals surface area contributed by atoms with Crippen LogP contribution in [0, 0.1) is 0 Å². The van der Waals surface area contributed by atoms with Crippen LogP contribution in [-0.4, -0.2) is 47.3 Å². The van der Waals surface area contributed by atoms with E-state index in [0.29, 0.717) is 22.3 Å². The van der Waals surface area contributed by atoms with Gasteiger partial charge in [-0.15, -0.1) is 10.2 Å². The Morgan fingerprint density at radius 1 is 1.03 bits per heavy atom. The fraction of sp³-hybridized carbons (Fsp3) is 0.250. The van der Waals surface area contributed by atoms with E-state index in [1.807, 2.05) is 35.8 Å². The first kappa shape index (κ1) is 20.5. The molecule has 2 aromatic carbocycles. The molecule has 0 aliphatic rings. The molecule has 1 aromatic heterocycles. The minimum atomic E-state index is -0.416. The van der Waals surface area contributed by atoms with Crippen molar-refractivity contribution in [2.45, 2.75) is 17.3 Å². The summed E-state index contributed by atoms with van der Waals surface area (Å²) in [5, 5.41) is 11.2. The van der Waals surface area contributed by atoms with E-state index >= 15 is 0 Å². The standard InChI is InChI=1S/C20H22N4O4S/c1-13(19(25)22-14-8-17(27-3)11-18(9-14)28-4)29-20-23-21-12-24(20)15-6-5-7-16(10-15)26-2/h5-13H,1-4H3,(H,22,25). The van der Waals surface area contributed by atoms with E-state index in [9.17, 15) is 4.79 Å². The van der Waals surface area contributed by atoms with E-state index in [1.54, 1.807) is 45.9 Å². The largest absolute Gasteiger partial charge is 0.497 e. The van der Waals surface area contributed by atoms with Gasteiger partial charge in [-0.2, -0.15) is 0 Å². The Bertz CT molecular complexity index is 970. The average molecular weight is 414 g/mol. The third-order valence-corrected chi connectivity index (χ3v) is 5.18. The molecule has 0 aliphatic heterocycles. The number of amides is 1. The van der Waals surface area contributed by atoms with Crippen LogP contribution in [0.1, 0.15) is 6.92 Å². The van der Waals surface area contributed by atoms with Gasteiger partial charge in [0.1, 0.15) is 23.6 Å². The van der Waals surface area contributed by atoms with Crippen molar-refractivity contribution in [1.29, 1.82) is 0 Å². The van der Waals surface area contributed by atoms with Gasteiger partial charge in [0.25, 0.3) is 0 Å². The number of benzene rings is 2. The van der Waals surface area contributed by atoms with Crippen molar-refractivity contribution >= 4 is 23.4 Å². The van der Waals surface area contributed by atoms with E-state index < -0.39 is 5.25 Å². The van der Waals surface area contributed by atoms with Crippen molar-refractivity contribution in [2.24, 2.45) is 0 Å². The van der Waals surface area contributed by atoms with Gasteiger partial charge in [0, 0.05) is 30.0 Å². The fourth-order valence-corrected chi connectivity index (χ4v) is 3.42. The molecule has 0 saturated carbocycles. The van der Waals surface area contributed by atoms with Crippen LogP contribution in [0.5, 0.6) is 17.2 Å². The summed E-state index contributed by atoms with van der Waals surface area (Å²) in [6.07, 6.45) is 1.61. The summed E-state index contributed by atoms with van der Waals surface area (Å²) in [6.45, 7) is 1.81. The first-order valence-corrected chi connectivity index (χ1v) is 9.67. The number of rotatable bonds is 8. The minimum absolute atomic E-state index is 0.175. The number of hydrogen-bond acceptors (Lipinski definition) is 7. The maximum Gasteiger partial charge on any atom is 0.237 e.